The van der Waals surface area contributed by atoms with Gasteiger partial charge in [0.25, 0.3) is 0 Å². The van der Waals surface area contributed by atoms with Crippen molar-refractivity contribution in [1.82, 2.24) is 15.3 Å². The number of aromatic nitrogens is 2. The van der Waals surface area contributed by atoms with Gasteiger partial charge in [-0.3, -0.25) is 0 Å². The standard InChI is InChI=1S/C27H29F6N3O3Si/c1-40(2,3)14-13-38-24(37)36-25(18-23-34-11-6-12-35-23,20-8-4-7-19(15-20)17-26(28,29)30)21-9-5-10-22(16-21)39-27(31,32)33/h4-12,15-16H,13-14,17-18H2,1-3H3,(H,36,37). The summed E-state index contributed by atoms with van der Waals surface area (Å²) >= 11 is 0. The van der Waals surface area contributed by atoms with Gasteiger partial charge in [0, 0.05) is 26.9 Å². The lowest BCUT2D eigenvalue weighted by molar-refractivity contribution is -0.274. The van der Waals surface area contributed by atoms with E-state index in [1.807, 2.05) is 0 Å². The largest absolute Gasteiger partial charge is 0.573 e. The van der Waals surface area contributed by atoms with Crippen molar-refractivity contribution >= 4 is 14.2 Å². The Balaban J connectivity index is 2.18. The maximum absolute atomic E-state index is 13.3. The van der Waals surface area contributed by atoms with Crippen molar-refractivity contribution in [3.05, 3.63) is 89.5 Å². The van der Waals surface area contributed by atoms with Gasteiger partial charge in [-0.15, -0.1) is 13.2 Å². The third-order valence-corrected chi connectivity index (χ3v) is 7.53. The molecule has 3 aromatic rings. The van der Waals surface area contributed by atoms with Crippen LogP contribution in [0.4, 0.5) is 31.1 Å². The first-order chi connectivity index (χ1) is 18.5. The van der Waals surface area contributed by atoms with Crippen molar-refractivity contribution in [1.29, 1.82) is 0 Å². The highest BCUT2D eigenvalue weighted by Crippen LogP contribution is 2.37. The normalized spacial score (nSPS) is 13.8. The van der Waals surface area contributed by atoms with Crippen LogP contribution in [0.25, 0.3) is 0 Å². The van der Waals surface area contributed by atoms with E-state index in [2.05, 4.69) is 39.7 Å². The zero-order valence-electron chi connectivity index (χ0n) is 22.1. The highest BCUT2D eigenvalue weighted by molar-refractivity contribution is 6.76. The Morgan fingerprint density at radius 1 is 0.875 bits per heavy atom. The van der Waals surface area contributed by atoms with Crippen LogP contribution >= 0.6 is 0 Å². The summed E-state index contributed by atoms with van der Waals surface area (Å²) in [6, 6.07) is 12.4. The molecule has 1 N–H and O–H groups in total. The maximum atomic E-state index is 13.3. The lowest BCUT2D eigenvalue weighted by atomic mass is 9.79. The van der Waals surface area contributed by atoms with Gasteiger partial charge in [0.1, 0.15) is 17.1 Å². The van der Waals surface area contributed by atoms with Gasteiger partial charge >= 0.3 is 18.6 Å². The smallest absolute Gasteiger partial charge is 0.450 e. The maximum Gasteiger partial charge on any atom is 0.573 e. The summed E-state index contributed by atoms with van der Waals surface area (Å²) in [4.78, 5) is 21.5. The van der Waals surface area contributed by atoms with Crippen molar-refractivity contribution in [3.63, 3.8) is 0 Å². The second-order valence-corrected chi connectivity index (χ2v) is 16.0. The second kappa shape index (κ2) is 12.3. The molecule has 1 amide bonds. The molecule has 0 spiro atoms. The van der Waals surface area contributed by atoms with Gasteiger partial charge in [0.15, 0.2) is 0 Å². The van der Waals surface area contributed by atoms with Gasteiger partial charge in [-0.1, -0.05) is 56.0 Å². The number of carbonyl (C=O) groups is 1. The van der Waals surface area contributed by atoms with E-state index in [9.17, 15) is 31.1 Å². The number of rotatable bonds is 10. The molecular formula is C27H29F6N3O3Si. The molecular weight excluding hydrogens is 556 g/mol. The number of amides is 1. The van der Waals surface area contributed by atoms with Crippen LogP contribution in [-0.2, 0) is 23.1 Å². The minimum atomic E-state index is -5.00. The van der Waals surface area contributed by atoms with Gasteiger partial charge in [-0.05, 0) is 40.9 Å². The van der Waals surface area contributed by atoms with Crippen LogP contribution in [0.1, 0.15) is 22.5 Å². The Bertz CT molecular complexity index is 1220. The molecule has 40 heavy (non-hydrogen) atoms. The Morgan fingerprint density at radius 2 is 1.50 bits per heavy atom. The SMILES string of the molecule is C[Si](C)(C)CCOC(=O)NC(Cc1ncccn1)(c1cccc(CC(F)(F)F)c1)c1cccc(OC(F)(F)F)c1. The van der Waals surface area contributed by atoms with Crippen molar-refractivity contribution in [3.8, 4) is 5.75 Å². The quantitative estimate of drug-likeness (QED) is 0.204. The highest BCUT2D eigenvalue weighted by Gasteiger charge is 2.40. The monoisotopic (exact) mass is 585 g/mol. The zero-order chi connectivity index (χ0) is 29.6. The third kappa shape index (κ3) is 9.54. The second-order valence-electron chi connectivity index (χ2n) is 10.4. The molecule has 216 valence electrons. The Hall–Kier alpha value is -3.61. The van der Waals surface area contributed by atoms with Gasteiger partial charge in [0.2, 0.25) is 0 Å². The molecule has 1 heterocycles. The fraction of sp³-hybridized carbons (Fsp3) is 0.370. The Kier molecular flexibility index (Phi) is 9.49. The van der Waals surface area contributed by atoms with Gasteiger partial charge in [0.05, 0.1) is 13.0 Å². The van der Waals surface area contributed by atoms with E-state index in [1.54, 1.807) is 6.07 Å². The molecule has 0 aliphatic carbocycles. The fourth-order valence-corrected chi connectivity index (χ4v) is 4.73. The summed E-state index contributed by atoms with van der Waals surface area (Å²) in [5, 5.41) is 2.73. The minimum Gasteiger partial charge on any atom is -0.450 e. The highest BCUT2D eigenvalue weighted by atomic mass is 28.3. The van der Waals surface area contributed by atoms with Gasteiger partial charge in [-0.25, -0.2) is 14.8 Å². The molecule has 0 aliphatic heterocycles. The van der Waals surface area contributed by atoms with Crippen LogP contribution in [0.3, 0.4) is 0 Å². The molecule has 3 rings (SSSR count). The van der Waals surface area contributed by atoms with Crippen molar-refractivity contribution in [2.24, 2.45) is 0 Å². The topological polar surface area (TPSA) is 73.3 Å². The van der Waals surface area contributed by atoms with Crippen LogP contribution < -0.4 is 10.1 Å². The zero-order valence-corrected chi connectivity index (χ0v) is 23.1. The lowest BCUT2D eigenvalue weighted by Crippen LogP contribution is -2.49. The number of halogens is 6. The molecule has 0 radical (unpaired) electrons. The van der Waals surface area contributed by atoms with E-state index < -0.39 is 44.4 Å². The molecule has 13 heteroatoms. The predicted octanol–water partition coefficient (Wildman–Crippen LogP) is 7.03. The number of alkyl halides is 6. The van der Waals surface area contributed by atoms with E-state index in [-0.39, 0.29) is 35.5 Å². The van der Waals surface area contributed by atoms with E-state index in [1.165, 1.54) is 48.8 Å². The average molecular weight is 586 g/mol. The molecule has 0 bridgehead atoms. The molecule has 0 saturated carbocycles. The Morgan fingerprint density at radius 3 is 2.10 bits per heavy atom. The predicted molar refractivity (Wildman–Crippen MR) is 138 cm³/mol. The van der Waals surface area contributed by atoms with E-state index in [4.69, 9.17) is 4.74 Å². The molecule has 1 atom stereocenters. The summed E-state index contributed by atoms with van der Waals surface area (Å²) in [6.45, 7) is 6.35. The van der Waals surface area contributed by atoms with Crippen molar-refractivity contribution in [2.75, 3.05) is 6.61 Å². The fourth-order valence-electron chi connectivity index (χ4n) is 4.01. The van der Waals surface area contributed by atoms with Crippen LogP contribution in [0.5, 0.6) is 5.75 Å². The first-order valence-electron chi connectivity index (χ1n) is 12.3. The van der Waals surface area contributed by atoms with Crippen LogP contribution in [0.2, 0.25) is 25.7 Å². The van der Waals surface area contributed by atoms with Gasteiger partial charge in [-0.2, -0.15) is 13.2 Å². The van der Waals surface area contributed by atoms with Crippen molar-refractivity contribution < 1.29 is 40.6 Å². The number of carbonyl (C=O) groups excluding carboxylic acids is 1. The number of hydrogen-bond donors (Lipinski definition) is 1. The van der Waals surface area contributed by atoms with Crippen LogP contribution in [0, 0.1) is 0 Å². The third-order valence-electron chi connectivity index (χ3n) is 5.83. The summed E-state index contributed by atoms with van der Waals surface area (Å²) in [6.07, 6.45) is -9.03. The molecule has 1 aromatic heterocycles. The summed E-state index contributed by atoms with van der Waals surface area (Å²) in [5.41, 5.74) is -1.59. The van der Waals surface area contributed by atoms with Crippen molar-refractivity contribution in [2.45, 2.75) is 56.6 Å². The minimum absolute atomic E-state index is 0.0881. The average Bonchev–Trinajstić information content (AvgIpc) is 2.81. The molecule has 0 saturated heterocycles. The van der Waals surface area contributed by atoms with E-state index in [0.717, 1.165) is 12.1 Å². The summed E-state index contributed by atoms with van der Waals surface area (Å²) in [5.74, 6) is -0.406. The molecule has 1 unspecified atom stereocenters. The number of hydrogen-bond acceptors (Lipinski definition) is 5. The van der Waals surface area contributed by atoms with E-state index in [0.29, 0.717) is 6.04 Å². The van der Waals surface area contributed by atoms with Gasteiger partial charge < -0.3 is 14.8 Å². The molecule has 2 aromatic carbocycles. The number of ether oxygens (including phenoxy) is 2. The number of benzene rings is 2. The molecule has 0 fully saturated rings. The summed E-state index contributed by atoms with van der Waals surface area (Å²) < 4.78 is 88.5. The van der Waals surface area contributed by atoms with Crippen LogP contribution in [0.15, 0.2) is 67.0 Å². The van der Waals surface area contributed by atoms with E-state index >= 15 is 0 Å². The van der Waals surface area contributed by atoms with Crippen LogP contribution in [-0.4, -0.2) is 43.3 Å². The number of alkyl carbamates (subject to hydrolysis) is 1. The first-order valence-corrected chi connectivity index (χ1v) is 16.0. The Labute approximate surface area is 228 Å². The molecule has 6 nitrogen and oxygen atoms in total. The first kappa shape index (κ1) is 30.9. The summed E-state index contributed by atoms with van der Waals surface area (Å²) in [7, 11) is -1.59. The number of nitrogens with zero attached hydrogens (tertiary/aromatic N) is 2. The molecule has 0 aliphatic rings. The lowest BCUT2D eigenvalue weighted by Gasteiger charge is -2.36. The number of nitrogens with one attached hydrogen (secondary N) is 1.